The summed E-state index contributed by atoms with van der Waals surface area (Å²) in [6, 6.07) is 0. The van der Waals surface area contributed by atoms with E-state index in [4.69, 9.17) is 10.7 Å². The van der Waals surface area contributed by atoms with Crippen LogP contribution in [0.15, 0.2) is 0 Å². The van der Waals surface area contributed by atoms with Crippen molar-refractivity contribution in [2.75, 3.05) is 37.0 Å². The molecule has 0 aliphatic carbocycles. The van der Waals surface area contributed by atoms with Crippen molar-refractivity contribution in [1.29, 1.82) is 0 Å². The predicted octanol–water partition coefficient (Wildman–Crippen LogP) is 8.79. The smallest absolute Gasteiger partial charge is 0.405 e. The predicted molar refractivity (Wildman–Crippen MR) is 150 cm³/mol. The van der Waals surface area contributed by atoms with E-state index in [1.54, 1.807) is 0 Å². The molecule has 0 aromatic carbocycles. The molecule has 0 N–H and O–H groups in total. The van der Waals surface area contributed by atoms with Gasteiger partial charge in [-0.15, -0.1) is 0 Å². The zero-order valence-corrected chi connectivity index (χ0v) is 27.9. The van der Waals surface area contributed by atoms with Gasteiger partial charge >= 0.3 is 15.1 Å². The quantitative estimate of drug-likeness (QED) is 0.124. The molecular formula is C24H54AlO6P3. The van der Waals surface area contributed by atoms with Crippen molar-refractivity contribution < 1.29 is 24.4 Å². The molecule has 0 heterocycles. The molecule has 0 radical (unpaired) electrons. The molecule has 0 aliphatic rings. The Labute approximate surface area is 216 Å². The van der Waals surface area contributed by atoms with Gasteiger partial charge < -0.3 is 10.7 Å². The summed E-state index contributed by atoms with van der Waals surface area (Å²) in [4.78, 5) is 0. The van der Waals surface area contributed by atoms with Crippen LogP contribution in [0.5, 0.6) is 0 Å². The van der Waals surface area contributed by atoms with Gasteiger partial charge in [-0.1, -0.05) is 83.1 Å². The Morgan fingerprint density at radius 1 is 0.412 bits per heavy atom. The SMILES string of the molecule is CC(C)CP(=O)(CC(C)C)[O][Al]([O]P(=O)(CC(C)C)CC(C)C)[O]P(=O)(CC(C)C)CC(C)C. The van der Waals surface area contributed by atoms with Crippen molar-refractivity contribution in [3.05, 3.63) is 0 Å². The second-order valence-electron chi connectivity index (χ2n) is 12.5. The first-order valence-corrected chi connectivity index (χ1v) is 20.5. The maximum absolute atomic E-state index is 14.0. The second kappa shape index (κ2) is 15.5. The largest absolute Gasteiger partial charge is 0.921 e. The first kappa shape index (κ1) is 35.1. The Morgan fingerprint density at radius 3 is 0.676 bits per heavy atom. The van der Waals surface area contributed by atoms with Crippen molar-refractivity contribution in [3.63, 3.8) is 0 Å². The summed E-state index contributed by atoms with van der Waals surface area (Å²) in [5.41, 5.74) is 0. The molecule has 34 heavy (non-hydrogen) atoms. The van der Waals surface area contributed by atoms with Crippen LogP contribution in [-0.4, -0.2) is 52.1 Å². The molecule has 0 amide bonds. The van der Waals surface area contributed by atoms with Gasteiger partial charge in [0, 0.05) is 37.0 Å². The lowest BCUT2D eigenvalue weighted by atomic mass is 10.3. The van der Waals surface area contributed by atoms with E-state index in [2.05, 4.69) is 0 Å². The van der Waals surface area contributed by atoms with Crippen LogP contribution in [0.3, 0.4) is 0 Å². The van der Waals surface area contributed by atoms with Crippen LogP contribution in [0.4, 0.5) is 0 Å². The summed E-state index contributed by atoms with van der Waals surface area (Å²) in [6.07, 6.45) is 2.41. The summed E-state index contributed by atoms with van der Waals surface area (Å²) < 4.78 is 60.8. The van der Waals surface area contributed by atoms with E-state index in [9.17, 15) is 13.7 Å². The Kier molecular flexibility index (Phi) is 16.0. The topological polar surface area (TPSA) is 78.9 Å². The molecule has 0 saturated carbocycles. The highest BCUT2D eigenvalue weighted by atomic mass is 31.2. The molecule has 0 rings (SSSR count). The Bertz CT molecular complexity index is 584. The highest BCUT2D eigenvalue weighted by Gasteiger charge is 2.49. The molecule has 0 aromatic rings. The van der Waals surface area contributed by atoms with Crippen LogP contribution in [0, 0.1) is 35.5 Å². The lowest BCUT2D eigenvalue weighted by molar-refractivity contribution is 0.298. The third-order valence-corrected chi connectivity index (χ3v) is 19.1. The number of hydrogen-bond acceptors (Lipinski definition) is 6. The number of rotatable bonds is 18. The summed E-state index contributed by atoms with van der Waals surface area (Å²) in [7, 11) is -9.38. The monoisotopic (exact) mass is 558 g/mol. The molecule has 0 bridgehead atoms. The molecule has 204 valence electrons. The third kappa shape index (κ3) is 16.1. The minimum absolute atomic E-state index is 0.162. The van der Waals surface area contributed by atoms with Gasteiger partial charge in [-0.2, -0.15) is 0 Å². The summed E-state index contributed by atoms with van der Waals surface area (Å²) in [6.45, 7) is 24.2. The van der Waals surface area contributed by atoms with E-state index >= 15 is 0 Å². The summed E-state index contributed by atoms with van der Waals surface area (Å²) in [5, 5.41) is 0. The Morgan fingerprint density at radius 2 is 0.559 bits per heavy atom. The highest BCUT2D eigenvalue weighted by molar-refractivity contribution is 7.63. The van der Waals surface area contributed by atoms with E-state index in [0.29, 0.717) is 37.0 Å². The minimum atomic E-state index is -3.25. The molecule has 0 aliphatic heterocycles. The molecule has 0 saturated heterocycles. The third-order valence-electron chi connectivity index (χ3n) is 4.69. The maximum Gasteiger partial charge on any atom is 0.921 e. The molecular weight excluding hydrogens is 504 g/mol. The molecule has 0 atom stereocenters. The van der Waals surface area contributed by atoms with Crippen molar-refractivity contribution in [3.8, 4) is 0 Å². The van der Waals surface area contributed by atoms with E-state index in [0.717, 1.165) is 0 Å². The lowest BCUT2D eigenvalue weighted by Crippen LogP contribution is -2.29. The van der Waals surface area contributed by atoms with Crippen LogP contribution in [0.2, 0.25) is 0 Å². The Hall–Kier alpha value is 1.10. The van der Waals surface area contributed by atoms with E-state index in [1.165, 1.54) is 0 Å². The normalized spacial score (nSPS) is 13.9. The molecule has 0 spiro atoms. The first-order chi connectivity index (χ1) is 15.3. The fourth-order valence-electron chi connectivity index (χ4n) is 4.35. The molecule has 0 fully saturated rings. The van der Waals surface area contributed by atoms with Gasteiger partial charge in [0.25, 0.3) is 0 Å². The maximum atomic E-state index is 14.0. The van der Waals surface area contributed by atoms with Gasteiger partial charge in [-0.25, -0.2) is 0 Å². The molecule has 0 aromatic heterocycles. The van der Waals surface area contributed by atoms with E-state index < -0.39 is 37.3 Å². The molecule has 10 heteroatoms. The van der Waals surface area contributed by atoms with Crippen molar-refractivity contribution >= 4 is 37.3 Å². The van der Waals surface area contributed by atoms with Gasteiger partial charge in [0.1, 0.15) is 0 Å². The van der Waals surface area contributed by atoms with Crippen molar-refractivity contribution in [1.82, 2.24) is 0 Å². The first-order valence-electron chi connectivity index (χ1n) is 13.1. The Balaban J connectivity index is 6.36. The van der Waals surface area contributed by atoms with Gasteiger partial charge in [0.15, 0.2) is 22.1 Å². The lowest BCUT2D eigenvalue weighted by Gasteiger charge is -2.31. The van der Waals surface area contributed by atoms with E-state index in [1.807, 2.05) is 83.1 Å². The van der Waals surface area contributed by atoms with Gasteiger partial charge in [0.2, 0.25) is 0 Å². The zero-order valence-electron chi connectivity index (χ0n) is 24.1. The average molecular weight is 559 g/mol. The van der Waals surface area contributed by atoms with Crippen LogP contribution in [0.1, 0.15) is 83.1 Å². The van der Waals surface area contributed by atoms with Crippen LogP contribution < -0.4 is 0 Å². The average Bonchev–Trinajstić information content (AvgIpc) is 2.47. The standard InChI is InChI=1S/3C8H19O2P.Al/c3*1-7(2)5-11(9,10)6-8(3)4;/h3*7-8H,5-6H2,1-4H3,(H,9,10);/q;;;+3/p-3. The second-order valence-corrected chi connectivity index (χ2v) is 22.7. The van der Waals surface area contributed by atoms with Crippen LogP contribution in [-0.2, 0) is 24.4 Å². The summed E-state index contributed by atoms with van der Waals surface area (Å²) >= 11 is -3.25. The molecule has 0 unspecified atom stereocenters. The zero-order chi connectivity index (χ0) is 26.9. The number of hydrogen-bond donors (Lipinski definition) is 0. The van der Waals surface area contributed by atoms with Gasteiger partial charge in [-0.05, 0) is 35.5 Å². The van der Waals surface area contributed by atoms with Crippen molar-refractivity contribution in [2.45, 2.75) is 83.1 Å². The van der Waals surface area contributed by atoms with E-state index in [-0.39, 0.29) is 35.5 Å². The minimum Gasteiger partial charge on any atom is -0.405 e. The fourth-order valence-corrected chi connectivity index (χ4v) is 18.8. The fraction of sp³-hybridized carbons (Fsp3) is 1.00. The summed E-state index contributed by atoms with van der Waals surface area (Å²) in [5.74, 6) is 0.975. The molecule has 6 nitrogen and oxygen atoms in total. The van der Waals surface area contributed by atoms with Crippen LogP contribution >= 0.6 is 22.1 Å². The van der Waals surface area contributed by atoms with Crippen LogP contribution in [0.25, 0.3) is 0 Å². The van der Waals surface area contributed by atoms with Gasteiger partial charge in [-0.3, -0.25) is 13.7 Å². The van der Waals surface area contributed by atoms with Gasteiger partial charge in [0.05, 0.1) is 0 Å². The highest BCUT2D eigenvalue weighted by Crippen LogP contribution is 2.59. The van der Waals surface area contributed by atoms with Crippen molar-refractivity contribution in [2.24, 2.45) is 35.5 Å².